The van der Waals surface area contributed by atoms with Crippen molar-refractivity contribution >= 4 is 23.1 Å². The third-order valence-corrected chi connectivity index (χ3v) is 4.10. The van der Waals surface area contributed by atoms with Crippen LogP contribution in [0.1, 0.15) is 55.1 Å². The van der Waals surface area contributed by atoms with Crippen molar-refractivity contribution < 1.29 is 14.3 Å². The summed E-state index contributed by atoms with van der Waals surface area (Å²) in [6, 6.07) is 3.65. The maximum atomic E-state index is 12.2. The number of ketones is 1. The zero-order valence-corrected chi connectivity index (χ0v) is 13.8. The average molecular weight is 296 g/mol. The third-order valence-electron chi connectivity index (χ3n) is 2.98. The molecule has 1 rings (SSSR count). The number of ether oxygens (including phenoxy) is 1. The van der Waals surface area contributed by atoms with Gasteiger partial charge in [0.2, 0.25) is 0 Å². The van der Waals surface area contributed by atoms with Crippen LogP contribution < -0.4 is 0 Å². The van der Waals surface area contributed by atoms with Crippen LogP contribution in [0.5, 0.6) is 0 Å². The Kier molecular flexibility index (Phi) is 5.93. The first-order chi connectivity index (χ1) is 9.21. The molecule has 0 radical (unpaired) electrons. The molecule has 0 N–H and O–H groups in total. The molecule has 0 aliphatic carbocycles. The van der Waals surface area contributed by atoms with Crippen LogP contribution in [0.2, 0.25) is 0 Å². The standard InChI is InChI=1S/C16H24O3S/c1-11(10-16(2,3)4)8-13(17)14-7-6-12(20-14)9-15(18)19-5/h6-7,11H,8-10H2,1-5H3. The van der Waals surface area contributed by atoms with Crippen LogP contribution in [0.3, 0.4) is 0 Å². The number of Topliss-reactive ketones (excluding diaryl/α,β-unsaturated/α-hetero) is 1. The molecular weight excluding hydrogens is 272 g/mol. The molecule has 1 atom stereocenters. The van der Waals surface area contributed by atoms with Crippen LogP contribution in [0.25, 0.3) is 0 Å². The molecule has 0 spiro atoms. The number of methoxy groups -OCH3 is 1. The normalized spacial score (nSPS) is 13.1. The number of rotatable bonds is 6. The second-order valence-electron chi connectivity index (χ2n) is 6.52. The molecule has 1 heterocycles. The van der Waals surface area contributed by atoms with E-state index < -0.39 is 0 Å². The Morgan fingerprint density at radius 1 is 1.30 bits per heavy atom. The lowest BCUT2D eigenvalue weighted by Gasteiger charge is -2.22. The quantitative estimate of drug-likeness (QED) is 0.586. The van der Waals surface area contributed by atoms with Crippen LogP contribution in [0.15, 0.2) is 12.1 Å². The Balaban J connectivity index is 2.58. The van der Waals surface area contributed by atoms with Crippen LogP contribution >= 0.6 is 11.3 Å². The zero-order chi connectivity index (χ0) is 15.3. The fraction of sp³-hybridized carbons (Fsp3) is 0.625. The molecule has 112 valence electrons. The van der Waals surface area contributed by atoms with Gasteiger partial charge >= 0.3 is 5.97 Å². The van der Waals surface area contributed by atoms with Crippen LogP contribution in [0, 0.1) is 11.3 Å². The fourth-order valence-corrected chi connectivity index (χ4v) is 3.31. The highest BCUT2D eigenvalue weighted by molar-refractivity contribution is 7.14. The van der Waals surface area contributed by atoms with Crippen molar-refractivity contribution in [2.75, 3.05) is 7.11 Å². The molecule has 0 aromatic carbocycles. The Bertz CT molecular complexity index is 468. The number of esters is 1. The zero-order valence-electron chi connectivity index (χ0n) is 13.0. The summed E-state index contributed by atoms with van der Waals surface area (Å²) in [6.07, 6.45) is 1.83. The molecular formula is C16H24O3S. The van der Waals surface area contributed by atoms with Crippen molar-refractivity contribution in [3.05, 3.63) is 21.9 Å². The minimum atomic E-state index is -0.271. The van der Waals surface area contributed by atoms with E-state index in [0.29, 0.717) is 12.3 Å². The van der Waals surface area contributed by atoms with E-state index in [1.54, 1.807) is 0 Å². The highest BCUT2D eigenvalue weighted by Crippen LogP contribution is 2.28. The van der Waals surface area contributed by atoms with Gasteiger partial charge in [-0.15, -0.1) is 11.3 Å². The number of hydrogen-bond acceptors (Lipinski definition) is 4. The Labute approximate surface area is 125 Å². The smallest absolute Gasteiger partial charge is 0.310 e. The maximum Gasteiger partial charge on any atom is 0.310 e. The molecule has 0 saturated carbocycles. The summed E-state index contributed by atoms with van der Waals surface area (Å²) in [5.41, 5.74) is 0.241. The third kappa shape index (κ3) is 5.87. The molecule has 0 bridgehead atoms. The van der Waals surface area contributed by atoms with Gasteiger partial charge in [0.1, 0.15) is 0 Å². The van der Waals surface area contributed by atoms with E-state index in [1.165, 1.54) is 18.4 Å². The molecule has 20 heavy (non-hydrogen) atoms. The van der Waals surface area contributed by atoms with E-state index in [4.69, 9.17) is 0 Å². The predicted molar refractivity (Wildman–Crippen MR) is 82.2 cm³/mol. The molecule has 0 amide bonds. The molecule has 3 nitrogen and oxygen atoms in total. The summed E-state index contributed by atoms with van der Waals surface area (Å²) >= 11 is 1.39. The number of carbonyl (C=O) groups is 2. The predicted octanol–water partition coefficient (Wildman–Crippen LogP) is 4.11. The summed E-state index contributed by atoms with van der Waals surface area (Å²) in [4.78, 5) is 25.0. The van der Waals surface area contributed by atoms with Crippen molar-refractivity contribution in [3.63, 3.8) is 0 Å². The molecule has 0 fully saturated rings. The highest BCUT2D eigenvalue weighted by Gasteiger charge is 2.19. The van der Waals surface area contributed by atoms with Gasteiger partial charge in [-0.25, -0.2) is 0 Å². The summed E-state index contributed by atoms with van der Waals surface area (Å²) in [5, 5.41) is 0. The molecule has 0 aliphatic heterocycles. The summed E-state index contributed by atoms with van der Waals surface area (Å²) < 4.78 is 4.63. The lowest BCUT2D eigenvalue weighted by Crippen LogP contribution is -2.14. The van der Waals surface area contributed by atoms with Gasteiger partial charge in [0.25, 0.3) is 0 Å². The van der Waals surface area contributed by atoms with Crippen molar-refractivity contribution in [3.8, 4) is 0 Å². The topological polar surface area (TPSA) is 43.4 Å². The minimum Gasteiger partial charge on any atom is -0.469 e. The first kappa shape index (κ1) is 16.9. The number of carbonyl (C=O) groups excluding carboxylic acids is 2. The van der Waals surface area contributed by atoms with Crippen LogP contribution in [-0.4, -0.2) is 18.9 Å². The summed E-state index contributed by atoms with van der Waals surface area (Å²) in [6.45, 7) is 8.68. The largest absolute Gasteiger partial charge is 0.469 e. The monoisotopic (exact) mass is 296 g/mol. The highest BCUT2D eigenvalue weighted by atomic mass is 32.1. The van der Waals surface area contributed by atoms with Crippen molar-refractivity contribution in [1.29, 1.82) is 0 Å². The van der Waals surface area contributed by atoms with E-state index in [1.807, 2.05) is 12.1 Å². The van der Waals surface area contributed by atoms with Crippen molar-refractivity contribution in [2.24, 2.45) is 11.3 Å². The number of thiophene rings is 1. The Morgan fingerprint density at radius 2 is 1.95 bits per heavy atom. The van der Waals surface area contributed by atoms with Gasteiger partial charge in [-0.2, -0.15) is 0 Å². The average Bonchev–Trinajstić information content (AvgIpc) is 2.74. The van der Waals surface area contributed by atoms with E-state index in [0.717, 1.165) is 16.2 Å². The molecule has 0 saturated heterocycles. The van der Waals surface area contributed by atoms with Crippen molar-refractivity contribution in [2.45, 2.75) is 47.0 Å². The minimum absolute atomic E-state index is 0.169. The van der Waals surface area contributed by atoms with Gasteiger partial charge in [0.05, 0.1) is 18.4 Å². The SMILES string of the molecule is COC(=O)Cc1ccc(C(=O)CC(C)CC(C)(C)C)s1. The van der Waals surface area contributed by atoms with Gasteiger partial charge in [0, 0.05) is 11.3 Å². The summed E-state index contributed by atoms with van der Waals surface area (Å²) in [5.74, 6) is 0.267. The Morgan fingerprint density at radius 3 is 2.50 bits per heavy atom. The molecule has 1 aromatic heterocycles. The van der Waals surface area contributed by atoms with Gasteiger partial charge < -0.3 is 4.74 Å². The molecule has 1 aromatic rings. The lowest BCUT2D eigenvalue weighted by molar-refractivity contribution is -0.139. The van der Waals surface area contributed by atoms with E-state index in [-0.39, 0.29) is 23.6 Å². The van der Waals surface area contributed by atoms with Gasteiger partial charge in [-0.05, 0) is 29.9 Å². The van der Waals surface area contributed by atoms with E-state index in [2.05, 4.69) is 32.4 Å². The molecule has 4 heteroatoms. The molecule has 1 unspecified atom stereocenters. The number of hydrogen-bond donors (Lipinski definition) is 0. The fourth-order valence-electron chi connectivity index (χ4n) is 2.37. The van der Waals surface area contributed by atoms with Crippen molar-refractivity contribution in [1.82, 2.24) is 0 Å². The van der Waals surface area contributed by atoms with Crippen LogP contribution in [0.4, 0.5) is 0 Å². The van der Waals surface area contributed by atoms with Gasteiger partial charge in [-0.1, -0.05) is 27.7 Å². The Hall–Kier alpha value is -1.16. The van der Waals surface area contributed by atoms with Gasteiger partial charge in [-0.3, -0.25) is 9.59 Å². The maximum absolute atomic E-state index is 12.2. The summed E-state index contributed by atoms with van der Waals surface area (Å²) in [7, 11) is 1.37. The van der Waals surface area contributed by atoms with Crippen LogP contribution in [-0.2, 0) is 16.0 Å². The second kappa shape index (κ2) is 7.02. The van der Waals surface area contributed by atoms with Gasteiger partial charge in [0.15, 0.2) is 5.78 Å². The first-order valence-corrected chi connectivity index (χ1v) is 7.71. The molecule has 0 aliphatic rings. The first-order valence-electron chi connectivity index (χ1n) is 6.90. The van der Waals surface area contributed by atoms with E-state index >= 15 is 0 Å². The lowest BCUT2D eigenvalue weighted by atomic mass is 9.83. The van der Waals surface area contributed by atoms with E-state index in [9.17, 15) is 9.59 Å². The second-order valence-corrected chi connectivity index (χ2v) is 7.68.